The maximum Gasteiger partial charge on any atom is 0.323 e. The molecule has 0 spiro atoms. The molecule has 0 aliphatic rings. The van der Waals surface area contributed by atoms with Gasteiger partial charge in [0.05, 0.1) is 0 Å². The highest BCUT2D eigenvalue weighted by Crippen LogP contribution is 2.20. The van der Waals surface area contributed by atoms with Crippen LogP contribution in [0.4, 0.5) is 0 Å². The summed E-state index contributed by atoms with van der Waals surface area (Å²) in [6.07, 6.45) is 2.47. The summed E-state index contributed by atoms with van der Waals surface area (Å²) < 4.78 is 0. The van der Waals surface area contributed by atoms with Crippen molar-refractivity contribution in [2.75, 3.05) is 0 Å². The topological polar surface area (TPSA) is 86.6 Å². The molecule has 0 aliphatic heterocycles. The van der Waals surface area contributed by atoms with E-state index in [4.69, 9.17) is 10.3 Å². The van der Waals surface area contributed by atoms with E-state index >= 15 is 0 Å². The Morgan fingerprint density at radius 2 is 2.06 bits per heavy atom. The molecular formula is C12H17NO4S. The lowest BCUT2D eigenvalue weighted by molar-refractivity contribution is -0.142. The zero-order chi connectivity index (χ0) is 13.5. The lowest BCUT2D eigenvalue weighted by Gasteiger charge is -2.07. The van der Waals surface area contributed by atoms with Crippen molar-refractivity contribution in [3.05, 3.63) is 21.9 Å². The van der Waals surface area contributed by atoms with E-state index in [1.54, 1.807) is 12.4 Å². The van der Waals surface area contributed by atoms with E-state index in [1.807, 2.05) is 12.1 Å². The fourth-order valence-corrected chi connectivity index (χ4v) is 2.67. The van der Waals surface area contributed by atoms with E-state index in [-0.39, 0.29) is 12.2 Å². The van der Waals surface area contributed by atoms with Crippen LogP contribution in [0.5, 0.6) is 0 Å². The molecule has 0 unspecified atom stereocenters. The second-order valence-electron chi connectivity index (χ2n) is 4.15. The Kier molecular flexibility index (Phi) is 5.97. The number of thiophene rings is 1. The number of ketones is 1. The van der Waals surface area contributed by atoms with Crippen LogP contribution in [0, 0.1) is 0 Å². The van der Waals surface area contributed by atoms with E-state index < -0.39 is 12.0 Å². The maximum absolute atomic E-state index is 10.8. The first-order chi connectivity index (χ1) is 8.52. The van der Waals surface area contributed by atoms with Crippen LogP contribution in [0.1, 0.15) is 29.5 Å². The van der Waals surface area contributed by atoms with Gasteiger partial charge in [0, 0.05) is 22.6 Å². The van der Waals surface area contributed by atoms with E-state index in [1.165, 1.54) is 11.3 Å². The Morgan fingerprint density at radius 1 is 1.39 bits per heavy atom. The number of carbonyl (C=O) groups is 2. The first-order valence-electron chi connectivity index (χ1n) is 5.72. The van der Waals surface area contributed by atoms with E-state index in [0.717, 1.165) is 22.6 Å². The lowest BCUT2D eigenvalue weighted by Crippen LogP contribution is -2.35. The molecular weight excluding hydrogens is 254 g/mol. The second kappa shape index (κ2) is 7.25. The van der Waals surface area contributed by atoms with Gasteiger partial charge in [-0.1, -0.05) is 0 Å². The monoisotopic (exact) mass is 271 g/mol. The number of nitrogens with one attached hydrogen (secondary N) is 1. The van der Waals surface area contributed by atoms with Gasteiger partial charge < -0.3 is 15.1 Å². The molecule has 5 nitrogen and oxygen atoms in total. The molecule has 0 saturated carbocycles. The third kappa shape index (κ3) is 4.95. The zero-order valence-corrected chi connectivity index (χ0v) is 11.0. The average molecular weight is 271 g/mol. The van der Waals surface area contributed by atoms with Gasteiger partial charge in [0.1, 0.15) is 11.8 Å². The standard InChI is InChI=1S/C12H17NO4S/c1-8(14)3-2-4-9-5-6-10(18-9)7-11(13-17)12(15)16/h5-6,11,13,17H,2-4,7H2,1H3,(H,15,16)/t11-/m0/s1. The van der Waals surface area contributed by atoms with Gasteiger partial charge in [0.25, 0.3) is 0 Å². The number of hydroxylamine groups is 1. The van der Waals surface area contributed by atoms with E-state index in [9.17, 15) is 9.59 Å². The van der Waals surface area contributed by atoms with Gasteiger partial charge in [-0.3, -0.25) is 4.79 Å². The van der Waals surface area contributed by atoms with Crippen LogP contribution in [-0.2, 0) is 22.4 Å². The summed E-state index contributed by atoms with van der Waals surface area (Å²) in [5, 5.41) is 17.5. The minimum Gasteiger partial charge on any atom is -0.480 e. The molecule has 100 valence electrons. The summed E-state index contributed by atoms with van der Waals surface area (Å²) in [6.45, 7) is 1.57. The predicted molar refractivity (Wildman–Crippen MR) is 68.0 cm³/mol. The summed E-state index contributed by atoms with van der Waals surface area (Å²) in [5.41, 5.74) is 1.78. The molecule has 0 aliphatic carbocycles. The number of Topliss-reactive ketones (excluding diaryl/α,β-unsaturated/α-hetero) is 1. The first-order valence-corrected chi connectivity index (χ1v) is 6.54. The van der Waals surface area contributed by atoms with Crippen molar-refractivity contribution in [3.63, 3.8) is 0 Å². The summed E-state index contributed by atoms with van der Waals surface area (Å²) in [4.78, 5) is 23.6. The lowest BCUT2D eigenvalue weighted by atomic mass is 10.1. The molecule has 1 heterocycles. The van der Waals surface area contributed by atoms with Crippen molar-refractivity contribution in [2.45, 2.75) is 38.6 Å². The van der Waals surface area contributed by atoms with Gasteiger partial charge in [-0.15, -0.1) is 11.3 Å². The number of aliphatic carboxylic acids is 1. The van der Waals surface area contributed by atoms with Gasteiger partial charge >= 0.3 is 5.97 Å². The minimum absolute atomic E-state index is 0.183. The summed E-state index contributed by atoms with van der Waals surface area (Å²) >= 11 is 1.52. The Balaban J connectivity index is 2.47. The van der Waals surface area contributed by atoms with Gasteiger partial charge in [0.15, 0.2) is 0 Å². The summed E-state index contributed by atoms with van der Waals surface area (Å²) in [5.74, 6) is -0.897. The molecule has 1 atom stereocenters. The van der Waals surface area contributed by atoms with Crippen LogP contribution in [0.15, 0.2) is 12.1 Å². The third-order valence-electron chi connectivity index (χ3n) is 2.53. The molecule has 1 aromatic rings. The highest BCUT2D eigenvalue weighted by Gasteiger charge is 2.17. The molecule has 0 bridgehead atoms. The summed E-state index contributed by atoms with van der Waals surface area (Å²) in [6, 6.07) is 2.83. The van der Waals surface area contributed by atoms with Gasteiger partial charge in [-0.2, -0.15) is 5.48 Å². The minimum atomic E-state index is -1.08. The number of carbonyl (C=O) groups excluding carboxylic acids is 1. The normalized spacial score (nSPS) is 12.3. The number of hydrogen-bond acceptors (Lipinski definition) is 5. The molecule has 0 amide bonds. The largest absolute Gasteiger partial charge is 0.480 e. The van der Waals surface area contributed by atoms with Crippen molar-refractivity contribution in [2.24, 2.45) is 0 Å². The highest BCUT2D eigenvalue weighted by atomic mass is 32.1. The van der Waals surface area contributed by atoms with Crippen LogP contribution in [-0.4, -0.2) is 28.1 Å². The van der Waals surface area contributed by atoms with Crippen molar-refractivity contribution in [1.82, 2.24) is 5.48 Å². The smallest absolute Gasteiger partial charge is 0.323 e. The quantitative estimate of drug-likeness (QED) is 0.626. The molecule has 1 rings (SSSR count). The number of rotatable bonds is 8. The first kappa shape index (κ1) is 14.8. The van der Waals surface area contributed by atoms with Gasteiger partial charge in [0.2, 0.25) is 0 Å². The van der Waals surface area contributed by atoms with Crippen LogP contribution in [0.3, 0.4) is 0 Å². The molecule has 0 aromatic carbocycles. The van der Waals surface area contributed by atoms with Crippen molar-refractivity contribution < 1.29 is 19.9 Å². The van der Waals surface area contributed by atoms with Crippen LogP contribution < -0.4 is 5.48 Å². The number of carboxylic acid groups (broad SMARTS) is 1. The van der Waals surface area contributed by atoms with E-state index in [0.29, 0.717) is 6.42 Å². The molecule has 0 fully saturated rings. The fourth-order valence-electron chi connectivity index (χ4n) is 1.57. The Hall–Kier alpha value is -1.24. The molecule has 3 N–H and O–H groups in total. The third-order valence-corrected chi connectivity index (χ3v) is 3.70. The molecule has 6 heteroatoms. The van der Waals surface area contributed by atoms with Crippen LogP contribution >= 0.6 is 11.3 Å². The zero-order valence-electron chi connectivity index (χ0n) is 10.2. The number of carboxylic acids is 1. The van der Waals surface area contributed by atoms with Gasteiger partial charge in [-0.25, -0.2) is 0 Å². The Labute approximate surface area is 109 Å². The Bertz CT molecular complexity index is 416. The fraction of sp³-hybridized carbons (Fsp3) is 0.500. The van der Waals surface area contributed by atoms with Crippen LogP contribution in [0.2, 0.25) is 0 Å². The predicted octanol–water partition coefficient (Wildman–Crippen LogP) is 1.63. The number of aryl methyl sites for hydroxylation is 1. The molecule has 0 saturated heterocycles. The van der Waals surface area contributed by atoms with Gasteiger partial charge in [-0.05, 0) is 31.9 Å². The second-order valence-corrected chi connectivity index (χ2v) is 5.40. The Morgan fingerprint density at radius 3 is 2.61 bits per heavy atom. The van der Waals surface area contributed by atoms with Crippen LogP contribution in [0.25, 0.3) is 0 Å². The SMILES string of the molecule is CC(=O)CCCc1ccc(C[C@H](NO)C(=O)O)s1. The highest BCUT2D eigenvalue weighted by molar-refractivity contribution is 7.12. The molecule has 1 aromatic heterocycles. The maximum atomic E-state index is 10.8. The summed E-state index contributed by atoms with van der Waals surface area (Å²) in [7, 11) is 0. The average Bonchev–Trinajstić information content (AvgIpc) is 2.72. The van der Waals surface area contributed by atoms with Crippen molar-refractivity contribution >= 4 is 23.1 Å². The van der Waals surface area contributed by atoms with Crippen molar-refractivity contribution in [1.29, 1.82) is 0 Å². The molecule has 0 radical (unpaired) electrons. The van der Waals surface area contributed by atoms with Crippen molar-refractivity contribution in [3.8, 4) is 0 Å². The van der Waals surface area contributed by atoms with E-state index in [2.05, 4.69) is 0 Å². The number of hydrogen-bond donors (Lipinski definition) is 3. The molecule has 18 heavy (non-hydrogen) atoms.